The number of nitrogens with one attached hydrogen (secondary N) is 1. The van der Waals surface area contributed by atoms with Crippen molar-refractivity contribution in [2.75, 3.05) is 23.9 Å². The van der Waals surface area contributed by atoms with Crippen LogP contribution in [-0.2, 0) is 0 Å². The van der Waals surface area contributed by atoms with Crippen LogP contribution < -0.4 is 15.0 Å². The highest BCUT2D eigenvalue weighted by Crippen LogP contribution is 2.26. The van der Waals surface area contributed by atoms with Crippen LogP contribution in [0.25, 0.3) is 0 Å². The Morgan fingerprint density at radius 1 is 1.08 bits per heavy atom. The number of benzene rings is 2. The Morgan fingerprint density at radius 2 is 1.79 bits per heavy atom. The first-order chi connectivity index (χ1) is 11.7. The molecule has 0 spiro atoms. The minimum absolute atomic E-state index is 0.114. The Bertz CT molecular complexity index is 680. The number of anilines is 2. The highest BCUT2D eigenvalue weighted by Gasteiger charge is 2.18. The van der Waals surface area contributed by atoms with Crippen LogP contribution in [0.5, 0.6) is 5.75 Å². The van der Waals surface area contributed by atoms with E-state index in [1.54, 1.807) is 31.4 Å². The van der Waals surface area contributed by atoms with Crippen molar-refractivity contribution in [2.45, 2.75) is 32.2 Å². The SMILES string of the molecule is COc1ccc(C(=O)Nc2ccc(N3CCCCC3C)cc2)cc1. The van der Waals surface area contributed by atoms with Gasteiger partial charge in [-0.15, -0.1) is 0 Å². The van der Waals surface area contributed by atoms with Gasteiger partial charge in [-0.05, 0) is 74.7 Å². The molecule has 4 nitrogen and oxygen atoms in total. The number of carbonyl (C=O) groups is 1. The Hall–Kier alpha value is -2.49. The van der Waals surface area contributed by atoms with Crippen LogP contribution in [-0.4, -0.2) is 25.6 Å². The smallest absolute Gasteiger partial charge is 0.255 e. The number of rotatable bonds is 4. The molecule has 1 aliphatic heterocycles. The molecule has 3 rings (SSSR count). The van der Waals surface area contributed by atoms with Gasteiger partial charge in [-0.1, -0.05) is 0 Å². The van der Waals surface area contributed by atoms with E-state index in [0.29, 0.717) is 11.6 Å². The summed E-state index contributed by atoms with van der Waals surface area (Å²) in [6.45, 7) is 3.39. The van der Waals surface area contributed by atoms with Crippen LogP contribution >= 0.6 is 0 Å². The first-order valence-corrected chi connectivity index (χ1v) is 8.49. The molecular weight excluding hydrogens is 300 g/mol. The van der Waals surface area contributed by atoms with Crippen molar-refractivity contribution in [1.29, 1.82) is 0 Å². The highest BCUT2D eigenvalue weighted by atomic mass is 16.5. The first-order valence-electron chi connectivity index (χ1n) is 8.49. The number of ether oxygens (including phenoxy) is 1. The maximum absolute atomic E-state index is 12.3. The van der Waals surface area contributed by atoms with Crippen molar-refractivity contribution in [1.82, 2.24) is 0 Å². The number of hydrogen-bond acceptors (Lipinski definition) is 3. The van der Waals surface area contributed by atoms with Gasteiger partial charge >= 0.3 is 0 Å². The average molecular weight is 324 g/mol. The van der Waals surface area contributed by atoms with E-state index in [-0.39, 0.29) is 5.91 Å². The minimum atomic E-state index is -0.114. The van der Waals surface area contributed by atoms with Crippen LogP contribution in [0.4, 0.5) is 11.4 Å². The fourth-order valence-corrected chi connectivity index (χ4v) is 3.16. The maximum Gasteiger partial charge on any atom is 0.255 e. The fourth-order valence-electron chi connectivity index (χ4n) is 3.16. The first kappa shape index (κ1) is 16.4. The average Bonchev–Trinajstić information content (AvgIpc) is 2.63. The van der Waals surface area contributed by atoms with Crippen molar-refractivity contribution in [2.24, 2.45) is 0 Å². The van der Waals surface area contributed by atoms with Crippen LogP contribution in [0.2, 0.25) is 0 Å². The van der Waals surface area contributed by atoms with Gasteiger partial charge in [0.15, 0.2) is 0 Å². The molecule has 4 heteroatoms. The number of carbonyl (C=O) groups excluding carboxylic acids is 1. The fraction of sp³-hybridized carbons (Fsp3) is 0.350. The normalized spacial score (nSPS) is 17.4. The lowest BCUT2D eigenvalue weighted by Crippen LogP contribution is -2.37. The molecule has 2 aromatic carbocycles. The molecule has 1 heterocycles. The Labute approximate surface area is 143 Å². The molecule has 0 saturated carbocycles. The number of methoxy groups -OCH3 is 1. The van der Waals surface area contributed by atoms with E-state index in [1.165, 1.54) is 24.9 Å². The zero-order valence-corrected chi connectivity index (χ0v) is 14.3. The molecule has 1 fully saturated rings. The highest BCUT2D eigenvalue weighted by molar-refractivity contribution is 6.04. The number of hydrogen-bond donors (Lipinski definition) is 1. The monoisotopic (exact) mass is 324 g/mol. The lowest BCUT2D eigenvalue weighted by atomic mass is 10.0. The van der Waals surface area contributed by atoms with E-state index < -0.39 is 0 Å². The van der Waals surface area contributed by atoms with Crippen LogP contribution in [0.15, 0.2) is 48.5 Å². The second kappa shape index (κ2) is 7.39. The van der Waals surface area contributed by atoms with Gasteiger partial charge in [0.25, 0.3) is 5.91 Å². The molecule has 126 valence electrons. The summed E-state index contributed by atoms with van der Waals surface area (Å²) in [5.41, 5.74) is 2.65. The van der Waals surface area contributed by atoms with Gasteiger partial charge in [0, 0.05) is 29.5 Å². The summed E-state index contributed by atoms with van der Waals surface area (Å²) < 4.78 is 5.11. The molecule has 0 aromatic heterocycles. The molecule has 1 aliphatic rings. The molecule has 1 saturated heterocycles. The van der Waals surface area contributed by atoms with E-state index >= 15 is 0 Å². The maximum atomic E-state index is 12.3. The zero-order chi connectivity index (χ0) is 16.9. The van der Waals surface area contributed by atoms with Gasteiger partial charge in [0.1, 0.15) is 5.75 Å². The number of nitrogens with zero attached hydrogens (tertiary/aromatic N) is 1. The standard InChI is InChI=1S/C20H24N2O2/c1-15-5-3-4-14-22(15)18-10-8-17(9-11-18)21-20(23)16-6-12-19(24-2)13-7-16/h6-13,15H,3-5,14H2,1-2H3,(H,21,23). The van der Waals surface area contributed by atoms with E-state index in [1.807, 2.05) is 12.1 Å². The van der Waals surface area contributed by atoms with Crippen molar-refractivity contribution in [3.8, 4) is 5.75 Å². The third-order valence-corrected chi connectivity index (χ3v) is 4.61. The van der Waals surface area contributed by atoms with E-state index in [0.717, 1.165) is 18.0 Å². The van der Waals surface area contributed by atoms with E-state index in [9.17, 15) is 4.79 Å². The molecular formula is C20H24N2O2. The molecule has 1 unspecified atom stereocenters. The summed E-state index contributed by atoms with van der Waals surface area (Å²) in [4.78, 5) is 14.7. The molecule has 0 bridgehead atoms. The lowest BCUT2D eigenvalue weighted by molar-refractivity contribution is 0.102. The second-order valence-electron chi connectivity index (χ2n) is 6.27. The van der Waals surface area contributed by atoms with Crippen LogP contribution in [0.1, 0.15) is 36.5 Å². The molecule has 1 atom stereocenters. The third kappa shape index (κ3) is 3.70. The van der Waals surface area contributed by atoms with Gasteiger partial charge in [0.05, 0.1) is 7.11 Å². The van der Waals surface area contributed by atoms with Gasteiger partial charge in [0.2, 0.25) is 0 Å². The van der Waals surface area contributed by atoms with Crippen molar-refractivity contribution in [3.63, 3.8) is 0 Å². The van der Waals surface area contributed by atoms with Gasteiger partial charge in [-0.2, -0.15) is 0 Å². The summed E-state index contributed by atoms with van der Waals surface area (Å²) in [5.74, 6) is 0.628. The summed E-state index contributed by atoms with van der Waals surface area (Å²) in [7, 11) is 1.61. The quantitative estimate of drug-likeness (QED) is 0.910. The predicted octanol–water partition coefficient (Wildman–Crippen LogP) is 4.33. The summed E-state index contributed by atoms with van der Waals surface area (Å²) >= 11 is 0. The van der Waals surface area contributed by atoms with E-state index in [4.69, 9.17) is 4.74 Å². The topological polar surface area (TPSA) is 41.6 Å². The summed E-state index contributed by atoms with van der Waals surface area (Å²) in [6.07, 6.45) is 3.81. The van der Waals surface area contributed by atoms with Gasteiger partial charge < -0.3 is 15.0 Å². The molecule has 0 radical (unpaired) electrons. The molecule has 2 aromatic rings. The zero-order valence-electron chi connectivity index (χ0n) is 14.3. The van der Waals surface area contributed by atoms with Gasteiger partial charge in [-0.25, -0.2) is 0 Å². The second-order valence-corrected chi connectivity index (χ2v) is 6.27. The number of piperidine rings is 1. The van der Waals surface area contributed by atoms with Crippen molar-refractivity contribution < 1.29 is 9.53 Å². The Kier molecular flexibility index (Phi) is 5.04. The number of amides is 1. The third-order valence-electron chi connectivity index (χ3n) is 4.61. The lowest BCUT2D eigenvalue weighted by Gasteiger charge is -2.35. The van der Waals surface area contributed by atoms with Crippen LogP contribution in [0.3, 0.4) is 0 Å². The molecule has 24 heavy (non-hydrogen) atoms. The van der Waals surface area contributed by atoms with Crippen molar-refractivity contribution in [3.05, 3.63) is 54.1 Å². The summed E-state index contributed by atoms with van der Waals surface area (Å²) in [5, 5.41) is 2.94. The Balaban J connectivity index is 1.65. The summed E-state index contributed by atoms with van der Waals surface area (Å²) in [6, 6.07) is 15.8. The molecule has 1 amide bonds. The van der Waals surface area contributed by atoms with Crippen molar-refractivity contribution >= 4 is 17.3 Å². The largest absolute Gasteiger partial charge is 0.497 e. The van der Waals surface area contributed by atoms with E-state index in [2.05, 4.69) is 29.3 Å². The Morgan fingerprint density at radius 3 is 2.42 bits per heavy atom. The van der Waals surface area contributed by atoms with Crippen LogP contribution in [0, 0.1) is 0 Å². The molecule has 0 aliphatic carbocycles. The van der Waals surface area contributed by atoms with Gasteiger partial charge in [-0.3, -0.25) is 4.79 Å². The molecule has 1 N–H and O–H groups in total. The minimum Gasteiger partial charge on any atom is -0.497 e. The predicted molar refractivity (Wildman–Crippen MR) is 98.0 cm³/mol.